The van der Waals surface area contributed by atoms with Crippen molar-refractivity contribution in [2.45, 2.75) is 38.8 Å². The summed E-state index contributed by atoms with van der Waals surface area (Å²) in [6, 6.07) is 7.95. The standard InChI is InChI=1S/C20H22ClN3O3S/c1-20(2,3)24-11-13(10-17(24)25)22-18(26)12-6-7-14(21)15(9-12)23-19(27)16-5-4-8-28-16/h4-9,13H,10-11H2,1-3H3,(H,22,26)(H,23,27)/t13-/m0/s1. The maximum absolute atomic E-state index is 12.6. The average Bonchev–Trinajstić information content (AvgIpc) is 3.26. The highest BCUT2D eigenvalue weighted by molar-refractivity contribution is 7.12. The van der Waals surface area contributed by atoms with Gasteiger partial charge in [-0.2, -0.15) is 0 Å². The molecule has 8 heteroatoms. The fourth-order valence-corrected chi connectivity index (χ4v) is 3.86. The smallest absolute Gasteiger partial charge is 0.265 e. The number of hydrogen-bond donors (Lipinski definition) is 2. The summed E-state index contributed by atoms with van der Waals surface area (Å²) in [7, 11) is 0. The second kappa shape index (κ2) is 7.93. The zero-order valence-corrected chi connectivity index (χ0v) is 17.5. The highest BCUT2D eigenvalue weighted by Gasteiger charge is 2.36. The number of nitrogens with zero attached hydrogens (tertiary/aromatic N) is 1. The van der Waals surface area contributed by atoms with Gasteiger partial charge in [-0.15, -0.1) is 11.3 Å². The Kier molecular flexibility index (Phi) is 5.76. The molecule has 2 heterocycles. The predicted molar refractivity (Wildman–Crippen MR) is 111 cm³/mol. The molecule has 0 spiro atoms. The van der Waals surface area contributed by atoms with E-state index >= 15 is 0 Å². The van der Waals surface area contributed by atoms with E-state index in [0.29, 0.717) is 27.7 Å². The number of anilines is 1. The van der Waals surface area contributed by atoms with Crippen molar-refractivity contribution >= 4 is 46.3 Å². The molecule has 1 aliphatic rings. The van der Waals surface area contributed by atoms with Crippen molar-refractivity contribution in [2.24, 2.45) is 0 Å². The molecule has 0 bridgehead atoms. The first-order valence-corrected chi connectivity index (χ1v) is 10.2. The van der Waals surface area contributed by atoms with Crippen LogP contribution in [-0.4, -0.2) is 40.7 Å². The number of nitrogens with one attached hydrogen (secondary N) is 2. The zero-order valence-electron chi connectivity index (χ0n) is 15.9. The average molecular weight is 420 g/mol. The Balaban J connectivity index is 1.69. The molecule has 0 unspecified atom stereocenters. The van der Waals surface area contributed by atoms with Gasteiger partial charge in [0.15, 0.2) is 0 Å². The maximum Gasteiger partial charge on any atom is 0.265 e. The minimum atomic E-state index is -0.308. The Morgan fingerprint density at radius 1 is 1.21 bits per heavy atom. The Morgan fingerprint density at radius 3 is 2.57 bits per heavy atom. The van der Waals surface area contributed by atoms with Gasteiger partial charge in [0.2, 0.25) is 5.91 Å². The zero-order chi connectivity index (χ0) is 20.5. The lowest BCUT2D eigenvalue weighted by atomic mass is 10.1. The van der Waals surface area contributed by atoms with E-state index in [2.05, 4.69) is 10.6 Å². The first kappa shape index (κ1) is 20.4. The van der Waals surface area contributed by atoms with E-state index in [9.17, 15) is 14.4 Å². The fourth-order valence-electron chi connectivity index (χ4n) is 3.08. The molecule has 2 N–H and O–H groups in total. The van der Waals surface area contributed by atoms with Crippen molar-refractivity contribution in [3.05, 3.63) is 51.2 Å². The van der Waals surface area contributed by atoms with Gasteiger partial charge < -0.3 is 15.5 Å². The number of likely N-dealkylation sites (tertiary alicyclic amines) is 1. The van der Waals surface area contributed by atoms with Crippen LogP contribution in [-0.2, 0) is 4.79 Å². The van der Waals surface area contributed by atoms with Crippen LogP contribution in [0, 0.1) is 0 Å². The summed E-state index contributed by atoms with van der Waals surface area (Å²) in [5, 5.41) is 7.79. The molecule has 1 aromatic carbocycles. The molecule has 3 rings (SSSR count). The molecule has 0 aliphatic carbocycles. The van der Waals surface area contributed by atoms with Crippen LogP contribution < -0.4 is 10.6 Å². The monoisotopic (exact) mass is 419 g/mol. The Hall–Kier alpha value is -2.38. The third-order valence-electron chi connectivity index (χ3n) is 4.49. The van der Waals surface area contributed by atoms with Gasteiger partial charge in [-0.3, -0.25) is 14.4 Å². The van der Waals surface area contributed by atoms with Crippen LogP contribution >= 0.6 is 22.9 Å². The lowest BCUT2D eigenvalue weighted by molar-refractivity contribution is -0.131. The summed E-state index contributed by atoms with van der Waals surface area (Å²) < 4.78 is 0. The summed E-state index contributed by atoms with van der Waals surface area (Å²) >= 11 is 7.49. The number of halogens is 1. The number of hydrogen-bond acceptors (Lipinski definition) is 4. The Bertz CT molecular complexity index is 906. The van der Waals surface area contributed by atoms with E-state index in [1.165, 1.54) is 11.3 Å². The second-order valence-corrected chi connectivity index (χ2v) is 9.03. The summed E-state index contributed by atoms with van der Waals surface area (Å²) in [5.41, 5.74) is 0.454. The van der Waals surface area contributed by atoms with Crippen molar-refractivity contribution in [1.29, 1.82) is 0 Å². The van der Waals surface area contributed by atoms with E-state index in [1.54, 1.807) is 35.2 Å². The van der Waals surface area contributed by atoms with Gasteiger partial charge in [0.25, 0.3) is 11.8 Å². The number of thiophene rings is 1. The molecule has 0 saturated carbocycles. The van der Waals surface area contributed by atoms with Crippen molar-refractivity contribution in [1.82, 2.24) is 10.2 Å². The molecule has 3 amide bonds. The summed E-state index contributed by atoms with van der Waals surface area (Å²) in [6.07, 6.45) is 0.276. The second-order valence-electron chi connectivity index (χ2n) is 7.68. The van der Waals surface area contributed by atoms with Crippen molar-refractivity contribution in [3.63, 3.8) is 0 Å². The van der Waals surface area contributed by atoms with Gasteiger partial charge in [0.1, 0.15) is 0 Å². The van der Waals surface area contributed by atoms with Crippen LogP contribution in [0.3, 0.4) is 0 Å². The lowest BCUT2D eigenvalue weighted by Crippen LogP contribution is -2.44. The third-order valence-corrected chi connectivity index (χ3v) is 5.69. The van der Waals surface area contributed by atoms with Gasteiger partial charge in [-0.1, -0.05) is 17.7 Å². The van der Waals surface area contributed by atoms with Gasteiger partial charge in [0, 0.05) is 24.1 Å². The Morgan fingerprint density at radius 2 is 1.96 bits per heavy atom. The van der Waals surface area contributed by atoms with E-state index in [-0.39, 0.29) is 35.7 Å². The molecule has 1 aliphatic heterocycles. The van der Waals surface area contributed by atoms with Gasteiger partial charge in [0.05, 0.1) is 21.6 Å². The van der Waals surface area contributed by atoms with Gasteiger partial charge >= 0.3 is 0 Å². The number of carbonyl (C=O) groups is 3. The summed E-state index contributed by atoms with van der Waals surface area (Å²) in [6.45, 7) is 6.38. The van der Waals surface area contributed by atoms with Crippen LogP contribution in [0.25, 0.3) is 0 Å². The molecule has 0 radical (unpaired) electrons. The minimum absolute atomic E-state index is 0.0257. The molecule has 1 aromatic heterocycles. The number of carbonyl (C=O) groups excluding carboxylic acids is 3. The maximum atomic E-state index is 12.6. The molecule has 2 aromatic rings. The van der Waals surface area contributed by atoms with Crippen LogP contribution in [0.4, 0.5) is 5.69 Å². The topological polar surface area (TPSA) is 78.5 Å². The SMILES string of the molecule is CC(C)(C)N1C[C@@H](NC(=O)c2ccc(Cl)c(NC(=O)c3cccs3)c2)CC1=O. The molecule has 6 nitrogen and oxygen atoms in total. The van der Waals surface area contributed by atoms with E-state index in [4.69, 9.17) is 11.6 Å². The van der Waals surface area contributed by atoms with E-state index in [0.717, 1.165) is 0 Å². The van der Waals surface area contributed by atoms with Crippen LogP contribution in [0.2, 0.25) is 5.02 Å². The van der Waals surface area contributed by atoms with Crippen molar-refractivity contribution < 1.29 is 14.4 Å². The minimum Gasteiger partial charge on any atom is -0.347 e. The largest absolute Gasteiger partial charge is 0.347 e. The third kappa shape index (κ3) is 4.54. The normalized spacial score (nSPS) is 16.9. The number of benzene rings is 1. The molecular weight excluding hydrogens is 398 g/mol. The lowest BCUT2D eigenvalue weighted by Gasteiger charge is -2.32. The van der Waals surface area contributed by atoms with E-state index in [1.807, 2.05) is 26.2 Å². The van der Waals surface area contributed by atoms with Crippen LogP contribution in [0.15, 0.2) is 35.7 Å². The van der Waals surface area contributed by atoms with Crippen molar-refractivity contribution in [3.8, 4) is 0 Å². The van der Waals surface area contributed by atoms with E-state index < -0.39 is 0 Å². The molecule has 28 heavy (non-hydrogen) atoms. The van der Waals surface area contributed by atoms with Crippen molar-refractivity contribution in [2.75, 3.05) is 11.9 Å². The quantitative estimate of drug-likeness (QED) is 0.791. The van der Waals surface area contributed by atoms with Crippen LogP contribution in [0.5, 0.6) is 0 Å². The fraction of sp³-hybridized carbons (Fsp3) is 0.350. The van der Waals surface area contributed by atoms with Gasteiger partial charge in [-0.25, -0.2) is 0 Å². The number of amides is 3. The molecule has 1 saturated heterocycles. The molecule has 1 atom stereocenters. The van der Waals surface area contributed by atoms with Crippen LogP contribution in [0.1, 0.15) is 47.2 Å². The number of rotatable bonds is 4. The molecule has 1 fully saturated rings. The molecule has 148 valence electrons. The Labute approximate surface area is 172 Å². The van der Waals surface area contributed by atoms with Gasteiger partial charge in [-0.05, 0) is 50.4 Å². The molecular formula is C20H22ClN3O3S. The highest BCUT2D eigenvalue weighted by Crippen LogP contribution is 2.25. The predicted octanol–water partition coefficient (Wildman–Crippen LogP) is 3.78. The highest BCUT2D eigenvalue weighted by atomic mass is 35.5. The first-order valence-electron chi connectivity index (χ1n) is 8.91. The summed E-state index contributed by atoms with van der Waals surface area (Å²) in [4.78, 5) is 39.4. The summed E-state index contributed by atoms with van der Waals surface area (Å²) in [5.74, 6) is -0.564. The first-order chi connectivity index (χ1) is 13.1.